The number of hydrogen-bond acceptors (Lipinski definition) is 0. The Kier molecular flexibility index (Phi) is 126. The Morgan fingerprint density at radius 1 is 1.00 bits per heavy atom. The first kappa shape index (κ1) is 29.4. The second kappa shape index (κ2) is 17.1. The molecule has 0 amide bonds. The zero-order chi connectivity index (χ0) is 0. The van der Waals surface area contributed by atoms with E-state index in [-0.39, 0.29) is 101 Å². The molecule has 0 aromatic heterocycles. The van der Waals surface area contributed by atoms with Crippen LogP contribution in [0, 0.1) is 0 Å². The predicted octanol–water partition coefficient (Wildman–Crippen LogP) is -6.53. The third-order valence-corrected chi connectivity index (χ3v) is 0. The van der Waals surface area contributed by atoms with Crippen molar-refractivity contribution in [3.63, 3.8) is 0 Å². The predicted molar refractivity (Wildman–Crippen MR) is 13.7 cm³/mol. The maximum atomic E-state index is 0. The molecular weight excluding hydrogens is 83.7 g/mol. The molecular formula is H2B2KNa. The smallest absolute Gasteiger partial charge is 1.00 e. The second-order valence-electron chi connectivity index (χ2n) is 0. The molecule has 4 heavy (non-hydrogen) atoms. The first-order valence-electron chi connectivity index (χ1n) is 0. The molecule has 0 aliphatic rings. The molecule has 0 saturated heterocycles. The summed E-state index contributed by atoms with van der Waals surface area (Å²) in [6.07, 6.45) is 0. The summed E-state index contributed by atoms with van der Waals surface area (Å²) in [7, 11) is 0. The fraction of sp³-hybridized carbons (Fsp3) is 0. The van der Waals surface area contributed by atoms with Crippen LogP contribution in [0.3, 0.4) is 0 Å². The van der Waals surface area contributed by atoms with Crippen LogP contribution >= 0.6 is 0 Å². The van der Waals surface area contributed by atoms with Gasteiger partial charge in [-0.05, 0) is 0 Å². The van der Waals surface area contributed by atoms with E-state index in [2.05, 4.69) is 0 Å². The van der Waals surface area contributed by atoms with Gasteiger partial charge in [0.25, 0.3) is 0 Å². The first-order chi connectivity index (χ1) is 0. The van der Waals surface area contributed by atoms with Crippen molar-refractivity contribution < 1.29 is 83.8 Å². The molecule has 0 fully saturated rings. The molecule has 0 aliphatic heterocycles. The molecule has 10 valence electrons. The van der Waals surface area contributed by atoms with Crippen molar-refractivity contribution >= 4 is 16.8 Å². The maximum Gasteiger partial charge on any atom is 1.00 e. The fourth-order valence-corrected chi connectivity index (χ4v) is 0. The van der Waals surface area contributed by atoms with Crippen molar-refractivity contribution in [2.75, 3.05) is 0 Å². The van der Waals surface area contributed by atoms with Crippen LogP contribution in [-0.2, 0) is 0 Å². The standard InChI is InChI=1S/2B.K.Na.2H/q;;2*+1;2*-1. The molecule has 0 aliphatic carbocycles. The van der Waals surface area contributed by atoms with E-state index in [1.54, 1.807) is 0 Å². The molecule has 0 atom stereocenters. The summed E-state index contributed by atoms with van der Waals surface area (Å²) < 4.78 is 0. The first-order valence-corrected chi connectivity index (χ1v) is 0. The van der Waals surface area contributed by atoms with Gasteiger partial charge in [0, 0.05) is 16.8 Å². The summed E-state index contributed by atoms with van der Waals surface area (Å²) in [5.41, 5.74) is 0. The summed E-state index contributed by atoms with van der Waals surface area (Å²) in [4.78, 5) is 0. The van der Waals surface area contributed by atoms with Gasteiger partial charge in [-0.3, -0.25) is 0 Å². The van der Waals surface area contributed by atoms with E-state index in [4.69, 9.17) is 0 Å². The van der Waals surface area contributed by atoms with Crippen LogP contribution < -0.4 is 80.9 Å². The number of rotatable bonds is 0. The molecule has 0 nitrogen and oxygen atoms in total. The normalized spacial score (nSPS) is 0. The molecule has 0 aromatic carbocycles. The zero-order valence-electron chi connectivity index (χ0n) is 5.15. The molecule has 0 unspecified atom stereocenters. The van der Waals surface area contributed by atoms with E-state index >= 15 is 0 Å². The van der Waals surface area contributed by atoms with Gasteiger partial charge < -0.3 is 2.85 Å². The molecule has 0 saturated carbocycles. The third kappa shape index (κ3) is 8.84. The summed E-state index contributed by atoms with van der Waals surface area (Å²) >= 11 is 0. The van der Waals surface area contributed by atoms with Crippen LogP contribution in [0.2, 0.25) is 0 Å². The van der Waals surface area contributed by atoms with Crippen LogP contribution in [0.4, 0.5) is 0 Å². The van der Waals surface area contributed by atoms with E-state index in [1.165, 1.54) is 0 Å². The van der Waals surface area contributed by atoms with Gasteiger partial charge in [0.2, 0.25) is 0 Å². The monoisotopic (exact) mass is 86.0 g/mol. The summed E-state index contributed by atoms with van der Waals surface area (Å²) in [6.45, 7) is 0. The molecule has 0 rings (SSSR count). The van der Waals surface area contributed by atoms with Crippen LogP contribution in [0.15, 0.2) is 0 Å². The van der Waals surface area contributed by atoms with Crippen LogP contribution in [0.5, 0.6) is 0 Å². The van der Waals surface area contributed by atoms with Gasteiger partial charge >= 0.3 is 80.9 Å². The van der Waals surface area contributed by atoms with Gasteiger partial charge in [-0.1, -0.05) is 0 Å². The Balaban J connectivity index is 0. The Bertz CT molecular complexity index is 11.5. The topological polar surface area (TPSA) is 0 Å². The Morgan fingerprint density at radius 2 is 1.00 bits per heavy atom. The van der Waals surface area contributed by atoms with Crippen molar-refractivity contribution in [3.05, 3.63) is 0 Å². The molecule has 0 heterocycles. The van der Waals surface area contributed by atoms with E-state index < -0.39 is 0 Å². The number of hydrogen-bond donors (Lipinski definition) is 0. The fourth-order valence-electron chi connectivity index (χ4n) is 0. The maximum absolute atomic E-state index is 0. The summed E-state index contributed by atoms with van der Waals surface area (Å²) in [6, 6.07) is 0. The molecule has 0 bridgehead atoms. The Hall–Kier alpha value is 2.77. The molecule has 0 aromatic rings. The molecule has 0 spiro atoms. The second-order valence-corrected chi connectivity index (χ2v) is 0. The van der Waals surface area contributed by atoms with E-state index in [0.717, 1.165) is 0 Å². The average molecular weight is 85.7 g/mol. The Labute approximate surface area is 98.3 Å². The van der Waals surface area contributed by atoms with Crippen LogP contribution in [0.1, 0.15) is 2.85 Å². The zero-order valence-corrected chi connectivity index (χ0v) is 8.28. The largest absolute Gasteiger partial charge is 1.00 e. The molecule has 0 N–H and O–H groups in total. The van der Waals surface area contributed by atoms with Crippen molar-refractivity contribution in [1.29, 1.82) is 0 Å². The van der Waals surface area contributed by atoms with Crippen molar-refractivity contribution in [2.45, 2.75) is 0 Å². The van der Waals surface area contributed by atoms with Gasteiger partial charge in [0.05, 0.1) is 0 Å². The quantitative estimate of drug-likeness (QED) is 0.257. The summed E-state index contributed by atoms with van der Waals surface area (Å²) in [5, 5.41) is 0. The molecule has 6 radical (unpaired) electrons. The van der Waals surface area contributed by atoms with Gasteiger partial charge in [-0.15, -0.1) is 0 Å². The van der Waals surface area contributed by atoms with Gasteiger partial charge in [-0.25, -0.2) is 0 Å². The van der Waals surface area contributed by atoms with Gasteiger partial charge in [-0.2, -0.15) is 0 Å². The minimum atomic E-state index is 0. The van der Waals surface area contributed by atoms with E-state index in [0.29, 0.717) is 0 Å². The van der Waals surface area contributed by atoms with Crippen molar-refractivity contribution in [3.8, 4) is 0 Å². The minimum absolute atomic E-state index is 0. The molecule has 4 heteroatoms. The van der Waals surface area contributed by atoms with Crippen molar-refractivity contribution in [1.82, 2.24) is 0 Å². The third-order valence-electron chi connectivity index (χ3n) is 0. The van der Waals surface area contributed by atoms with Crippen molar-refractivity contribution in [2.24, 2.45) is 0 Å². The SMILES string of the molecule is [B].[B].[H-].[H-].[K+].[Na+]. The van der Waals surface area contributed by atoms with Gasteiger partial charge in [0.1, 0.15) is 0 Å². The minimum Gasteiger partial charge on any atom is -1.00 e. The Morgan fingerprint density at radius 3 is 1.00 bits per heavy atom. The van der Waals surface area contributed by atoms with E-state index in [9.17, 15) is 0 Å². The average Bonchev–Trinajstić information content (AvgIpc) is 0. The van der Waals surface area contributed by atoms with Crippen LogP contribution in [-0.4, -0.2) is 16.8 Å². The van der Waals surface area contributed by atoms with Gasteiger partial charge in [0.15, 0.2) is 0 Å². The van der Waals surface area contributed by atoms with Crippen LogP contribution in [0.25, 0.3) is 0 Å². The summed E-state index contributed by atoms with van der Waals surface area (Å²) in [5.74, 6) is 0. The van der Waals surface area contributed by atoms with E-state index in [1.807, 2.05) is 0 Å².